The molecule has 0 aliphatic carbocycles. The first-order valence-corrected chi connectivity index (χ1v) is 5.43. The Bertz CT molecular complexity index is 521. The molecule has 0 atom stereocenters. The van der Waals surface area contributed by atoms with Crippen LogP contribution in [0.25, 0.3) is 0 Å². The summed E-state index contributed by atoms with van der Waals surface area (Å²) in [6.07, 6.45) is 3.13. The van der Waals surface area contributed by atoms with Crippen LogP contribution in [0.4, 0.5) is 0 Å². The lowest BCUT2D eigenvalue weighted by Gasteiger charge is -2.03. The molecule has 0 aliphatic rings. The van der Waals surface area contributed by atoms with Gasteiger partial charge in [0.15, 0.2) is 0 Å². The van der Waals surface area contributed by atoms with Crippen molar-refractivity contribution >= 4 is 17.5 Å². The highest BCUT2D eigenvalue weighted by atomic mass is 35.5. The molecule has 88 valence electrons. The topological polar surface area (TPSA) is 70.7 Å². The molecule has 0 unspecified atom stereocenters. The molecule has 0 saturated carbocycles. The maximum absolute atomic E-state index is 11.7. The number of halogens is 1. The second-order valence-electron chi connectivity index (χ2n) is 3.56. The molecule has 2 heterocycles. The Balaban J connectivity index is 1.98. The van der Waals surface area contributed by atoms with Crippen molar-refractivity contribution in [2.45, 2.75) is 13.5 Å². The molecule has 2 aromatic rings. The van der Waals surface area contributed by atoms with E-state index in [1.165, 1.54) is 6.20 Å². The summed E-state index contributed by atoms with van der Waals surface area (Å²) in [6, 6.07) is 3.21. The van der Waals surface area contributed by atoms with Gasteiger partial charge in [0.2, 0.25) is 0 Å². The van der Waals surface area contributed by atoms with Gasteiger partial charge < -0.3 is 5.32 Å². The Morgan fingerprint density at radius 3 is 2.88 bits per heavy atom. The van der Waals surface area contributed by atoms with Crippen molar-refractivity contribution in [2.24, 2.45) is 0 Å². The molecule has 0 aromatic carbocycles. The number of nitrogens with one attached hydrogen (secondary N) is 2. The van der Waals surface area contributed by atoms with Crippen molar-refractivity contribution in [3.8, 4) is 0 Å². The molecule has 0 saturated heterocycles. The average Bonchev–Trinajstić information content (AvgIpc) is 2.73. The monoisotopic (exact) mass is 250 g/mol. The quantitative estimate of drug-likeness (QED) is 0.871. The molecule has 2 aromatic heterocycles. The Morgan fingerprint density at radius 2 is 2.29 bits per heavy atom. The van der Waals surface area contributed by atoms with Crippen LogP contribution in [0.5, 0.6) is 0 Å². The Labute approximate surface area is 103 Å². The lowest BCUT2D eigenvalue weighted by atomic mass is 10.2. The number of hydrogen-bond donors (Lipinski definition) is 2. The van der Waals surface area contributed by atoms with E-state index in [1.54, 1.807) is 18.3 Å². The first-order chi connectivity index (χ1) is 8.16. The molecule has 0 spiro atoms. The first-order valence-electron chi connectivity index (χ1n) is 5.05. The van der Waals surface area contributed by atoms with Crippen LogP contribution in [0.15, 0.2) is 24.5 Å². The van der Waals surface area contributed by atoms with Crippen LogP contribution in [0.3, 0.4) is 0 Å². The lowest BCUT2D eigenvalue weighted by molar-refractivity contribution is 0.0946. The van der Waals surface area contributed by atoms with Gasteiger partial charge in [-0.3, -0.25) is 9.89 Å². The van der Waals surface area contributed by atoms with Gasteiger partial charge in [0, 0.05) is 24.0 Å². The maximum atomic E-state index is 11.7. The molecule has 0 radical (unpaired) electrons. The smallest absolute Gasteiger partial charge is 0.270 e. The molecular weight excluding hydrogens is 240 g/mol. The van der Waals surface area contributed by atoms with Gasteiger partial charge >= 0.3 is 0 Å². The van der Waals surface area contributed by atoms with E-state index in [0.29, 0.717) is 17.3 Å². The molecular formula is C11H11ClN4O. The number of H-pyrrole nitrogens is 1. The zero-order valence-corrected chi connectivity index (χ0v) is 9.95. The van der Waals surface area contributed by atoms with Gasteiger partial charge in [0.25, 0.3) is 5.91 Å². The molecule has 0 bridgehead atoms. The van der Waals surface area contributed by atoms with Crippen molar-refractivity contribution in [3.63, 3.8) is 0 Å². The second-order valence-corrected chi connectivity index (χ2v) is 4.00. The van der Waals surface area contributed by atoms with Crippen LogP contribution in [0, 0.1) is 6.92 Å². The van der Waals surface area contributed by atoms with E-state index in [-0.39, 0.29) is 5.91 Å². The molecule has 0 aliphatic heterocycles. The Morgan fingerprint density at radius 1 is 1.47 bits per heavy atom. The Hall–Kier alpha value is -1.88. The largest absolute Gasteiger partial charge is 0.346 e. The third-order valence-corrected chi connectivity index (χ3v) is 2.56. The number of aromatic nitrogens is 3. The average molecular weight is 251 g/mol. The predicted octanol–water partition coefficient (Wildman–Crippen LogP) is 1.70. The van der Waals surface area contributed by atoms with Gasteiger partial charge in [-0.05, 0) is 19.1 Å². The van der Waals surface area contributed by atoms with Gasteiger partial charge in [-0.1, -0.05) is 11.6 Å². The normalized spacial score (nSPS) is 10.2. The summed E-state index contributed by atoms with van der Waals surface area (Å²) in [7, 11) is 0. The van der Waals surface area contributed by atoms with E-state index in [2.05, 4.69) is 20.5 Å². The van der Waals surface area contributed by atoms with E-state index >= 15 is 0 Å². The van der Waals surface area contributed by atoms with Crippen LogP contribution >= 0.6 is 11.6 Å². The minimum absolute atomic E-state index is 0.234. The number of pyridine rings is 1. The fraction of sp³-hybridized carbons (Fsp3) is 0.182. The zero-order chi connectivity index (χ0) is 12.3. The van der Waals surface area contributed by atoms with Crippen molar-refractivity contribution in [2.75, 3.05) is 0 Å². The molecule has 1 amide bonds. The molecule has 17 heavy (non-hydrogen) atoms. The van der Waals surface area contributed by atoms with Gasteiger partial charge in [-0.15, -0.1) is 0 Å². The third-order valence-electron chi connectivity index (χ3n) is 2.33. The van der Waals surface area contributed by atoms with Crippen LogP contribution in [-0.4, -0.2) is 21.1 Å². The highest BCUT2D eigenvalue weighted by molar-refractivity contribution is 6.30. The summed E-state index contributed by atoms with van der Waals surface area (Å²) in [5.41, 5.74) is 2.23. The van der Waals surface area contributed by atoms with E-state index in [9.17, 15) is 4.79 Å². The highest BCUT2D eigenvalue weighted by Crippen LogP contribution is 2.06. The van der Waals surface area contributed by atoms with Gasteiger partial charge in [0.1, 0.15) is 5.69 Å². The van der Waals surface area contributed by atoms with Crippen molar-refractivity contribution in [1.82, 2.24) is 20.5 Å². The SMILES string of the molecule is Cc1[nH]ncc1CNC(=O)c1ccc(Cl)cn1. The summed E-state index contributed by atoms with van der Waals surface area (Å²) in [5, 5.41) is 9.94. The molecule has 2 rings (SSSR count). The fourth-order valence-corrected chi connectivity index (χ4v) is 1.44. The van der Waals surface area contributed by atoms with E-state index in [0.717, 1.165) is 11.3 Å². The standard InChI is InChI=1S/C11H11ClN4O/c1-7-8(5-15-16-7)4-14-11(17)10-3-2-9(12)6-13-10/h2-3,5-6H,4H2,1H3,(H,14,17)(H,15,16). The summed E-state index contributed by atoms with van der Waals surface area (Å²) >= 11 is 5.69. The first kappa shape index (κ1) is 11.6. The van der Waals surface area contributed by atoms with E-state index in [4.69, 9.17) is 11.6 Å². The number of aromatic amines is 1. The number of aryl methyl sites for hydroxylation is 1. The van der Waals surface area contributed by atoms with Gasteiger partial charge in [-0.25, -0.2) is 4.98 Å². The molecule has 0 fully saturated rings. The maximum Gasteiger partial charge on any atom is 0.270 e. The summed E-state index contributed by atoms with van der Waals surface area (Å²) < 4.78 is 0. The summed E-state index contributed by atoms with van der Waals surface area (Å²) in [6.45, 7) is 2.32. The van der Waals surface area contributed by atoms with Crippen LogP contribution < -0.4 is 5.32 Å². The number of carbonyl (C=O) groups is 1. The molecule has 5 nitrogen and oxygen atoms in total. The van der Waals surface area contributed by atoms with Gasteiger partial charge in [-0.2, -0.15) is 5.10 Å². The second kappa shape index (κ2) is 4.97. The third kappa shape index (κ3) is 2.82. The fourth-order valence-electron chi connectivity index (χ4n) is 1.33. The van der Waals surface area contributed by atoms with E-state index in [1.807, 2.05) is 6.92 Å². The number of carbonyl (C=O) groups excluding carboxylic acids is 1. The summed E-state index contributed by atoms with van der Waals surface area (Å²) in [5.74, 6) is -0.234. The van der Waals surface area contributed by atoms with Crippen LogP contribution in [0.1, 0.15) is 21.7 Å². The number of hydrogen-bond acceptors (Lipinski definition) is 3. The number of rotatable bonds is 3. The minimum atomic E-state index is -0.234. The van der Waals surface area contributed by atoms with Crippen molar-refractivity contribution in [1.29, 1.82) is 0 Å². The lowest BCUT2D eigenvalue weighted by Crippen LogP contribution is -2.23. The van der Waals surface area contributed by atoms with Crippen molar-refractivity contribution < 1.29 is 4.79 Å². The number of nitrogens with zero attached hydrogens (tertiary/aromatic N) is 2. The summed E-state index contributed by atoms with van der Waals surface area (Å²) in [4.78, 5) is 15.6. The van der Waals surface area contributed by atoms with Crippen LogP contribution in [0.2, 0.25) is 5.02 Å². The van der Waals surface area contributed by atoms with Crippen LogP contribution in [-0.2, 0) is 6.54 Å². The molecule has 6 heteroatoms. The zero-order valence-electron chi connectivity index (χ0n) is 9.20. The highest BCUT2D eigenvalue weighted by Gasteiger charge is 2.07. The molecule has 2 N–H and O–H groups in total. The van der Waals surface area contributed by atoms with Gasteiger partial charge in [0.05, 0.1) is 11.2 Å². The Kier molecular flexibility index (Phi) is 3.39. The van der Waals surface area contributed by atoms with Crippen molar-refractivity contribution in [3.05, 3.63) is 46.5 Å². The van der Waals surface area contributed by atoms with E-state index < -0.39 is 0 Å². The predicted molar refractivity (Wildman–Crippen MR) is 63.7 cm³/mol. The minimum Gasteiger partial charge on any atom is -0.346 e. The number of amides is 1.